The van der Waals surface area contributed by atoms with Crippen molar-refractivity contribution >= 4 is 34.1 Å². The van der Waals surface area contributed by atoms with E-state index in [1.165, 1.54) is 25.9 Å². The van der Waals surface area contributed by atoms with Gasteiger partial charge in [-0.25, -0.2) is 0 Å². The van der Waals surface area contributed by atoms with Gasteiger partial charge in [-0.1, -0.05) is 29.3 Å². The number of nitrogens with zero attached hydrogens (tertiary/aromatic N) is 2. The zero-order valence-corrected chi connectivity index (χ0v) is 13.1. The molecule has 2 aliphatic rings. The van der Waals surface area contributed by atoms with Gasteiger partial charge in [0.1, 0.15) is 12.4 Å². The summed E-state index contributed by atoms with van der Waals surface area (Å²) < 4.78 is 5.86. The SMILES string of the molecule is Clc1ccc2cc(OCC3CN3CC3CC3)cnc2c1Cl. The Morgan fingerprint density at radius 2 is 2.14 bits per heavy atom. The Hall–Kier alpha value is -1.03. The van der Waals surface area contributed by atoms with Crippen molar-refractivity contribution in [1.82, 2.24) is 9.88 Å². The molecule has 1 aliphatic carbocycles. The molecule has 0 radical (unpaired) electrons. The van der Waals surface area contributed by atoms with Crippen molar-refractivity contribution < 1.29 is 4.74 Å². The Labute approximate surface area is 133 Å². The third-order valence-corrected chi connectivity index (χ3v) is 4.97. The fourth-order valence-electron chi connectivity index (χ4n) is 2.63. The van der Waals surface area contributed by atoms with Crippen molar-refractivity contribution in [1.29, 1.82) is 0 Å². The lowest BCUT2D eigenvalue weighted by molar-refractivity contribution is 0.291. The summed E-state index contributed by atoms with van der Waals surface area (Å²) in [6.07, 6.45) is 4.53. The van der Waals surface area contributed by atoms with Crippen LogP contribution in [0.25, 0.3) is 10.9 Å². The van der Waals surface area contributed by atoms with Crippen LogP contribution in [0.1, 0.15) is 12.8 Å². The maximum Gasteiger partial charge on any atom is 0.138 e. The summed E-state index contributed by atoms with van der Waals surface area (Å²) in [6.45, 7) is 3.15. The molecule has 0 bridgehead atoms. The van der Waals surface area contributed by atoms with E-state index in [2.05, 4.69) is 9.88 Å². The molecule has 1 aromatic carbocycles. The molecule has 2 atom stereocenters. The first-order valence-corrected chi connectivity index (χ1v) is 8.07. The number of hydrogen-bond donors (Lipinski definition) is 0. The van der Waals surface area contributed by atoms with E-state index >= 15 is 0 Å². The fourth-order valence-corrected chi connectivity index (χ4v) is 3.00. The van der Waals surface area contributed by atoms with Gasteiger partial charge in [-0.3, -0.25) is 9.88 Å². The molecule has 110 valence electrons. The van der Waals surface area contributed by atoms with Gasteiger partial charge >= 0.3 is 0 Å². The van der Waals surface area contributed by atoms with Gasteiger partial charge in [0.05, 0.1) is 27.8 Å². The normalized spacial score (nSPS) is 24.3. The second kappa shape index (κ2) is 5.31. The third kappa shape index (κ3) is 2.96. The minimum Gasteiger partial charge on any atom is -0.490 e. The lowest BCUT2D eigenvalue weighted by atomic mass is 10.2. The van der Waals surface area contributed by atoms with Gasteiger partial charge < -0.3 is 4.74 Å². The van der Waals surface area contributed by atoms with Gasteiger partial charge in [0.2, 0.25) is 0 Å². The Morgan fingerprint density at radius 1 is 1.29 bits per heavy atom. The molecular formula is C16H16Cl2N2O. The van der Waals surface area contributed by atoms with E-state index < -0.39 is 0 Å². The van der Waals surface area contributed by atoms with E-state index in [4.69, 9.17) is 27.9 Å². The van der Waals surface area contributed by atoms with E-state index in [1.54, 1.807) is 12.3 Å². The molecule has 2 fully saturated rings. The van der Waals surface area contributed by atoms with Crippen LogP contribution in [-0.4, -0.2) is 35.6 Å². The van der Waals surface area contributed by atoms with Crippen LogP contribution < -0.4 is 4.74 Å². The maximum atomic E-state index is 6.15. The lowest BCUT2D eigenvalue weighted by Gasteiger charge is -2.08. The van der Waals surface area contributed by atoms with Gasteiger partial charge in [-0.15, -0.1) is 0 Å². The number of pyridine rings is 1. The van der Waals surface area contributed by atoms with Crippen LogP contribution in [0.4, 0.5) is 0 Å². The zero-order chi connectivity index (χ0) is 14.4. The summed E-state index contributed by atoms with van der Waals surface area (Å²) >= 11 is 12.1. The molecule has 4 rings (SSSR count). The van der Waals surface area contributed by atoms with Crippen molar-refractivity contribution in [3.63, 3.8) is 0 Å². The molecule has 0 spiro atoms. The van der Waals surface area contributed by atoms with E-state index in [0.717, 1.165) is 29.2 Å². The molecule has 1 aliphatic heterocycles. The monoisotopic (exact) mass is 322 g/mol. The maximum absolute atomic E-state index is 6.15. The summed E-state index contributed by atoms with van der Waals surface area (Å²) in [5.74, 6) is 1.74. The Kier molecular flexibility index (Phi) is 3.44. The average molecular weight is 323 g/mol. The lowest BCUT2D eigenvalue weighted by Crippen LogP contribution is -2.12. The molecule has 2 unspecified atom stereocenters. The first kappa shape index (κ1) is 13.6. The van der Waals surface area contributed by atoms with Crippen LogP contribution in [0.5, 0.6) is 5.75 Å². The van der Waals surface area contributed by atoms with E-state index in [9.17, 15) is 0 Å². The number of halogens is 2. The highest BCUT2D eigenvalue weighted by molar-refractivity contribution is 6.44. The van der Waals surface area contributed by atoms with Crippen LogP contribution in [0, 0.1) is 5.92 Å². The summed E-state index contributed by atoms with van der Waals surface area (Å²) in [5, 5.41) is 1.98. The highest BCUT2D eigenvalue weighted by Crippen LogP contribution is 2.34. The van der Waals surface area contributed by atoms with Crippen molar-refractivity contribution in [3.05, 3.63) is 34.4 Å². The van der Waals surface area contributed by atoms with Crippen molar-refractivity contribution in [3.8, 4) is 5.75 Å². The summed E-state index contributed by atoms with van der Waals surface area (Å²) in [5.41, 5.74) is 0.721. The molecule has 3 nitrogen and oxygen atoms in total. The number of aromatic nitrogens is 1. The molecule has 1 saturated carbocycles. The van der Waals surface area contributed by atoms with E-state index in [-0.39, 0.29) is 0 Å². The van der Waals surface area contributed by atoms with Gasteiger partial charge in [-0.05, 0) is 30.9 Å². The standard InChI is InChI=1S/C16H16Cl2N2O/c17-14-4-3-11-5-13(6-19-16(11)15(14)18)21-9-12-8-20(12)7-10-1-2-10/h3-6,10,12H,1-2,7-9H2. The number of fused-ring (bicyclic) bond motifs is 1. The Balaban J connectivity index is 1.41. The van der Waals surface area contributed by atoms with Crippen LogP contribution in [-0.2, 0) is 0 Å². The summed E-state index contributed by atoms with van der Waals surface area (Å²) in [7, 11) is 0. The fraction of sp³-hybridized carbons (Fsp3) is 0.438. The minimum atomic E-state index is 0.499. The van der Waals surface area contributed by atoms with Crippen molar-refractivity contribution in [2.45, 2.75) is 18.9 Å². The molecule has 1 saturated heterocycles. The van der Waals surface area contributed by atoms with Crippen molar-refractivity contribution in [2.75, 3.05) is 19.7 Å². The summed E-state index contributed by atoms with van der Waals surface area (Å²) in [6, 6.07) is 6.25. The summed E-state index contributed by atoms with van der Waals surface area (Å²) in [4.78, 5) is 6.85. The van der Waals surface area contributed by atoms with Crippen LogP contribution in [0.3, 0.4) is 0 Å². The average Bonchev–Trinajstić information content (AvgIpc) is 3.40. The van der Waals surface area contributed by atoms with Crippen molar-refractivity contribution in [2.24, 2.45) is 5.92 Å². The second-order valence-electron chi connectivity index (χ2n) is 5.97. The highest BCUT2D eigenvalue weighted by atomic mass is 35.5. The number of rotatable bonds is 5. The zero-order valence-electron chi connectivity index (χ0n) is 11.6. The smallest absolute Gasteiger partial charge is 0.138 e. The van der Waals surface area contributed by atoms with Gasteiger partial charge in [-0.2, -0.15) is 0 Å². The molecule has 1 aromatic heterocycles. The Morgan fingerprint density at radius 3 is 2.95 bits per heavy atom. The topological polar surface area (TPSA) is 25.1 Å². The predicted octanol–water partition coefficient (Wildman–Crippen LogP) is 4.01. The van der Waals surface area contributed by atoms with Crippen LogP contribution >= 0.6 is 23.2 Å². The van der Waals surface area contributed by atoms with Gasteiger partial charge in [0.25, 0.3) is 0 Å². The van der Waals surface area contributed by atoms with E-state index in [0.29, 0.717) is 16.1 Å². The molecule has 0 amide bonds. The highest BCUT2D eigenvalue weighted by Gasteiger charge is 2.38. The predicted molar refractivity (Wildman–Crippen MR) is 85.3 cm³/mol. The van der Waals surface area contributed by atoms with Crippen LogP contribution in [0.2, 0.25) is 10.0 Å². The largest absolute Gasteiger partial charge is 0.490 e. The number of ether oxygens (including phenoxy) is 1. The first-order chi connectivity index (χ1) is 10.2. The van der Waals surface area contributed by atoms with Gasteiger partial charge in [0, 0.05) is 18.5 Å². The molecule has 2 heterocycles. The minimum absolute atomic E-state index is 0.499. The molecule has 2 aromatic rings. The third-order valence-electron chi connectivity index (χ3n) is 4.18. The molecular weight excluding hydrogens is 307 g/mol. The number of benzene rings is 1. The second-order valence-corrected chi connectivity index (χ2v) is 6.75. The van der Waals surface area contributed by atoms with Gasteiger partial charge in [0.15, 0.2) is 0 Å². The molecule has 0 N–H and O–H groups in total. The number of hydrogen-bond acceptors (Lipinski definition) is 3. The molecule has 5 heteroatoms. The van der Waals surface area contributed by atoms with Crippen LogP contribution in [0.15, 0.2) is 24.4 Å². The Bertz CT molecular complexity index is 687. The molecule has 21 heavy (non-hydrogen) atoms. The van der Waals surface area contributed by atoms with E-state index in [1.807, 2.05) is 12.1 Å². The quantitative estimate of drug-likeness (QED) is 0.777. The first-order valence-electron chi connectivity index (χ1n) is 7.31.